The van der Waals surface area contributed by atoms with Crippen molar-refractivity contribution in [1.82, 2.24) is 0 Å². The van der Waals surface area contributed by atoms with Gasteiger partial charge in [0.05, 0.1) is 11.5 Å². The van der Waals surface area contributed by atoms with Crippen molar-refractivity contribution in [1.29, 1.82) is 0 Å². The van der Waals surface area contributed by atoms with Gasteiger partial charge < -0.3 is 9.47 Å². The summed E-state index contributed by atoms with van der Waals surface area (Å²) in [6, 6.07) is 4.93. The third-order valence-corrected chi connectivity index (χ3v) is 2.89. The molecule has 0 aromatic heterocycles. The first-order valence-electron chi connectivity index (χ1n) is 5.63. The fraction of sp³-hybridized carbons (Fsp3) is 0.385. The van der Waals surface area contributed by atoms with E-state index in [9.17, 15) is 9.59 Å². The van der Waals surface area contributed by atoms with E-state index in [1.165, 1.54) is 0 Å². The number of benzene rings is 1. The van der Waals surface area contributed by atoms with E-state index < -0.39 is 0 Å². The van der Waals surface area contributed by atoms with Crippen molar-refractivity contribution in [3.8, 4) is 5.75 Å². The van der Waals surface area contributed by atoms with Crippen molar-refractivity contribution in [2.75, 3.05) is 0 Å². The first kappa shape index (κ1) is 11.6. The van der Waals surface area contributed by atoms with Crippen LogP contribution in [0.2, 0.25) is 0 Å². The number of rotatable bonds is 3. The van der Waals surface area contributed by atoms with Crippen molar-refractivity contribution in [3.63, 3.8) is 0 Å². The van der Waals surface area contributed by atoms with Gasteiger partial charge in [-0.2, -0.15) is 0 Å². The molecule has 4 heteroatoms. The van der Waals surface area contributed by atoms with E-state index >= 15 is 0 Å². The Morgan fingerprint density at radius 2 is 2.29 bits per heavy atom. The maximum atomic E-state index is 11.6. The summed E-state index contributed by atoms with van der Waals surface area (Å²) in [4.78, 5) is 22.8. The van der Waals surface area contributed by atoms with E-state index in [0.717, 1.165) is 12.0 Å². The molecule has 0 bridgehead atoms. The summed E-state index contributed by atoms with van der Waals surface area (Å²) in [7, 11) is 0. The van der Waals surface area contributed by atoms with Gasteiger partial charge in [0, 0.05) is 5.56 Å². The molecule has 4 nitrogen and oxygen atoms in total. The molecule has 0 fully saturated rings. The molecule has 90 valence electrons. The molecule has 1 aromatic rings. The molecule has 1 aliphatic heterocycles. The third-order valence-electron chi connectivity index (χ3n) is 2.89. The van der Waals surface area contributed by atoms with Gasteiger partial charge in [0.2, 0.25) is 0 Å². The van der Waals surface area contributed by atoms with Gasteiger partial charge in [0.25, 0.3) is 0 Å². The summed E-state index contributed by atoms with van der Waals surface area (Å²) in [5, 5.41) is 0. The molecule has 2 rings (SSSR count). The molecule has 1 aliphatic rings. The van der Waals surface area contributed by atoms with Crippen LogP contribution in [0.4, 0.5) is 0 Å². The molecule has 17 heavy (non-hydrogen) atoms. The summed E-state index contributed by atoms with van der Waals surface area (Å²) >= 11 is 0. The van der Waals surface area contributed by atoms with Gasteiger partial charge in [-0.1, -0.05) is 13.8 Å². The maximum absolute atomic E-state index is 11.6. The number of fused-ring (bicyclic) bond motifs is 1. The lowest BCUT2D eigenvalue weighted by Gasteiger charge is -2.09. The Kier molecular flexibility index (Phi) is 3.13. The highest BCUT2D eigenvalue weighted by atomic mass is 16.5. The number of carbonyl (C=O) groups excluding carboxylic acids is 2. The minimum absolute atomic E-state index is 0.124. The fourth-order valence-corrected chi connectivity index (χ4v) is 1.56. The highest BCUT2D eigenvalue weighted by molar-refractivity contribution is 5.93. The fourth-order valence-electron chi connectivity index (χ4n) is 1.56. The molecule has 0 amide bonds. The average Bonchev–Trinajstić information content (AvgIpc) is 2.69. The minimum atomic E-state index is -0.320. The predicted octanol–water partition coefficient (Wildman–Crippen LogP) is 2.31. The van der Waals surface area contributed by atoms with Gasteiger partial charge in [0.15, 0.2) is 0 Å². The highest BCUT2D eigenvalue weighted by Crippen LogP contribution is 2.25. The molecular weight excluding hydrogens is 220 g/mol. The third kappa shape index (κ3) is 2.30. The molecular formula is C13H14O4. The summed E-state index contributed by atoms with van der Waals surface area (Å²) in [5.74, 6) is -0.231. The highest BCUT2D eigenvalue weighted by Gasteiger charge is 2.22. The molecule has 1 aromatic carbocycles. The Hall–Kier alpha value is -1.84. The van der Waals surface area contributed by atoms with Crippen molar-refractivity contribution in [3.05, 3.63) is 29.3 Å². The van der Waals surface area contributed by atoms with Crippen molar-refractivity contribution in [2.45, 2.75) is 26.9 Å². The number of hydrogen-bond acceptors (Lipinski definition) is 4. The van der Waals surface area contributed by atoms with Crippen LogP contribution in [0.3, 0.4) is 0 Å². The van der Waals surface area contributed by atoms with Crippen LogP contribution in [0.1, 0.15) is 36.2 Å². The quantitative estimate of drug-likeness (QED) is 0.595. The SMILES string of the molecule is CCC(C)C(=O)Oc1ccc2c(c1)COC2=O. The lowest BCUT2D eigenvalue weighted by atomic mass is 10.1. The Morgan fingerprint density at radius 1 is 1.53 bits per heavy atom. The Bertz CT molecular complexity index is 464. The van der Waals surface area contributed by atoms with E-state index in [2.05, 4.69) is 0 Å². The minimum Gasteiger partial charge on any atom is -0.457 e. The zero-order valence-electron chi connectivity index (χ0n) is 9.86. The van der Waals surface area contributed by atoms with Crippen LogP contribution in [-0.4, -0.2) is 11.9 Å². The van der Waals surface area contributed by atoms with Gasteiger partial charge in [0.1, 0.15) is 12.4 Å². The number of hydrogen-bond donors (Lipinski definition) is 0. The van der Waals surface area contributed by atoms with Crippen molar-refractivity contribution >= 4 is 11.9 Å². The van der Waals surface area contributed by atoms with Crippen LogP contribution >= 0.6 is 0 Å². The molecule has 0 radical (unpaired) electrons. The standard InChI is InChI=1S/C13H14O4/c1-3-8(2)12(14)17-10-4-5-11-9(6-10)7-16-13(11)15/h4-6,8H,3,7H2,1-2H3. The smallest absolute Gasteiger partial charge is 0.338 e. The Balaban J connectivity index is 2.14. The molecule has 0 N–H and O–H groups in total. The molecule has 0 saturated heterocycles. The van der Waals surface area contributed by atoms with Crippen LogP contribution in [0.25, 0.3) is 0 Å². The van der Waals surface area contributed by atoms with Gasteiger partial charge >= 0.3 is 11.9 Å². The normalized spacial score (nSPS) is 15.1. The molecule has 0 aliphatic carbocycles. The zero-order chi connectivity index (χ0) is 12.4. The lowest BCUT2D eigenvalue weighted by Crippen LogP contribution is -2.17. The first-order chi connectivity index (χ1) is 8.11. The summed E-state index contributed by atoms with van der Waals surface area (Å²) in [5.41, 5.74) is 1.32. The maximum Gasteiger partial charge on any atom is 0.338 e. The molecule has 1 atom stereocenters. The van der Waals surface area contributed by atoms with Crippen molar-refractivity contribution in [2.24, 2.45) is 5.92 Å². The number of cyclic esters (lactones) is 1. The van der Waals surface area contributed by atoms with E-state index in [0.29, 0.717) is 11.3 Å². The average molecular weight is 234 g/mol. The van der Waals surface area contributed by atoms with Gasteiger partial charge in [-0.25, -0.2) is 4.79 Å². The van der Waals surface area contributed by atoms with E-state index in [4.69, 9.17) is 9.47 Å². The number of carbonyl (C=O) groups is 2. The van der Waals surface area contributed by atoms with Crippen LogP contribution in [0, 0.1) is 5.92 Å². The number of ether oxygens (including phenoxy) is 2. The molecule has 1 heterocycles. The second kappa shape index (κ2) is 4.57. The summed E-state index contributed by atoms with van der Waals surface area (Å²) in [6.07, 6.45) is 0.741. The number of esters is 2. The van der Waals surface area contributed by atoms with Crippen LogP contribution < -0.4 is 4.74 Å². The topological polar surface area (TPSA) is 52.6 Å². The van der Waals surface area contributed by atoms with Gasteiger partial charge in [-0.15, -0.1) is 0 Å². The first-order valence-corrected chi connectivity index (χ1v) is 5.63. The Labute approximate surface area is 99.5 Å². The molecule has 0 spiro atoms. The van der Waals surface area contributed by atoms with Crippen LogP contribution in [-0.2, 0) is 16.1 Å². The second-order valence-electron chi connectivity index (χ2n) is 4.13. The van der Waals surface area contributed by atoms with E-state index in [1.54, 1.807) is 18.2 Å². The summed E-state index contributed by atoms with van der Waals surface area (Å²) in [6.45, 7) is 4.01. The van der Waals surface area contributed by atoms with Gasteiger partial charge in [-0.05, 0) is 24.6 Å². The van der Waals surface area contributed by atoms with Gasteiger partial charge in [-0.3, -0.25) is 4.79 Å². The monoisotopic (exact) mass is 234 g/mol. The largest absolute Gasteiger partial charge is 0.457 e. The van der Waals surface area contributed by atoms with Crippen LogP contribution in [0.5, 0.6) is 5.75 Å². The zero-order valence-corrected chi connectivity index (χ0v) is 9.86. The van der Waals surface area contributed by atoms with Crippen molar-refractivity contribution < 1.29 is 19.1 Å². The second-order valence-corrected chi connectivity index (χ2v) is 4.13. The predicted molar refractivity (Wildman–Crippen MR) is 60.7 cm³/mol. The van der Waals surface area contributed by atoms with E-state index in [1.807, 2.05) is 13.8 Å². The molecule has 0 saturated carbocycles. The van der Waals surface area contributed by atoms with Crippen LogP contribution in [0.15, 0.2) is 18.2 Å². The Morgan fingerprint density at radius 3 is 3.00 bits per heavy atom. The lowest BCUT2D eigenvalue weighted by molar-refractivity contribution is -0.138. The molecule has 1 unspecified atom stereocenters. The summed E-state index contributed by atoms with van der Waals surface area (Å²) < 4.78 is 10.1. The van der Waals surface area contributed by atoms with E-state index in [-0.39, 0.29) is 24.5 Å².